The predicted molar refractivity (Wildman–Crippen MR) is 101 cm³/mol. The lowest BCUT2D eigenvalue weighted by atomic mass is 9.69. The van der Waals surface area contributed by atoms with Crippen LogP contribution in [0, 0.1) is 12.8 Å². The molecule has 1 heterocycles. The largest absolute Gasteiger partial charge is 0.299 e. The molecular weight excluding hydrogens is 322 g/mol. The Kier molecular flexibility index (Phi) is 3.33. The summed E-state index contributed by atoms with van der Waals surface area (Å²) in [5.74, 6) is -0.257. The Morgan fingerprint density at radius 2 is 1.62 bits per heavy atom. The van der Waals surface area contributed by atoms with Gasteiger partial charge in [0.2, 0.25) is 0 Å². The van der Waals surface area contributed by atoms with Crippen LogP contribution in [0.2, 0.25) is 0 Å². The zero-order chi connectivity index (χ0) is 17.8. The molecule has 26 heavy (non-hydrogen) atoms. The van der Waals surface area contributed by atoms with E-state index in [-0.39, 0.29) is 23.4 Å². The van der Waals surface area contributed by atoms with E-state index in [0.717, 1.165) is 35.4 Å². The van der Waals surface area contributed by atoms with Crippen LogP contribution < -0.4 is 0 Å². The lowest BCUT2D eigenvalue weighted by Gasteiger charge is -2.34. The topological polar surface area (TPSA) is 46.5 Å². The second kappa shape index (κ2) is 5.60. The van der Waals surface area contributed by atoms with Gasteiger partial charge in [-0.3, -0.25) is 14.6 Å². The fourth-order valence-corrected chi connectivity index (χ4v) is 4.58. The fourth-order valence-electron chi connectivity index (χ4n) is 4.58. The molecule has 2 aliphatic carbocycles. The average molecular weight is 341 g/mol. The normalized spacial score (nSPS) is 24.1. The van der Waals surface area contributed by atoms with Crippen LogP contribution in [-0.2, 0) is 4.79 Å². The van der Waals surface area contributed by atoms with Crippen molar-refractivity contribution in [3.63, 3.8) is 0 Å². The summed E-state index contributed by atoms with van der Waals surface area (Å²) in [6.45, 7) is 2.05. The third-order valence-electron chi connectivity index (χ3n) is 5.82. The maximum atomic E-state index is 13.2. The van der Waals surface area contributed by atoms with Crippen molar-refractivity contribution in [2.45, 2.75) is 32.1 Å². The Morgan fingerprint density at radius 1 is 0.885 bits per heavy atom. The van der Waals surface area contributed by atoms with Crippen LogP contribution in [0.4, 0.5) is 0 Å². The minimum absolute atomic E-state index is 0.0300. The number of nitrogens with zero attached hydrogens (tertiary/aromatic N) is 1. The molecule has 0 spiro atoms. The van der Waals surface area contributed by atoms with Crippen LogP contribution in [0.3, 0.4) is 0 Å². The predicted octanol–water partition coefficient (Wildman–Crippen LogP) is 4.51. The molecule has 0 radical (unpaired) electrons. The highest BCUT2D eigenvalue weighted by atomic mass is 16.1. The van der Waals surface area contributed by atoms with Gasteiger partial charge in [0.05, 0.1) is 11.6 Å². The molecule has 1 saturated carbocycles. The summed E-state index contributed by atoms with van der Waals surface area (Å²) in [5, 5.41) is 0. The van der Waals surface area contributed by atoms with Gasteiger partial charge < -0.3 is 0 Å². The smallest absolute Gasteiger partial charge is 0.192 e. The van der Waals surface area contributed by atoms with Crippen molar-refractivity contribution in [1.29, 1.82) is 0 Å². The van der Waals surface area contributed by atoms with E-state index < -0.39 is 0 Å². The number of aryl methyl sites for hydroxylation is 1. The van der Waals surface area contributed by atoms with E-state index in [1.54, 1.807) is 0 Å². The first-order chi connectivity index (χ1) is 12.6. The maximum absolute atomic E-state index is 13.2. The van der Waals surface area contributed by atoms with Crippen molar-refractivity contribution in [2.24, 2.45) is 10.9 Å². The number of hydrogen-bond acceptors (Lipinski definition) is 3. The van der Waals surface area contributed by atoms with Crippen molar-refractivity contribution in [3.8, 4) is 0 Å². The van der Waals surface area contributed by atoms with Gasteiger partial charge in [-0.25, -0.2) is 0 Å². The van der Waals surface area contributed by atoms with Crippen molar-refractivity contribution in [2.75, 3.05) is 0 Å². The number of carbonyl (C=O) groups excluding carboxylic acids is 2. The molecule has 0 saturated heterocycles. The van der Waals surface area contributed by atoms with E-state index in [1.807, 2.05) is 31.2 Å². The summed E-state index contributed by atoms with van der Waals surface area (Å²) in [5.41, 5.74) is 6.28. The first-order valence-electron chi connectivity index (χ1n) is 9.20. The van der Waals surface area contributed by atoms with E-state index >= 15 is 0 Å². The lowest BCUT2D eigenvalue weighted by molar-refractivity contribution is -0.121. The van der Waals surface area contributed by atoms with Crippen molar-refractivity contribution in [1.82, 2.24) is 0 Å². The number of allylic oxidation sites excluding steroid dienone is 1. The van der Waals surface area contributed by atoms with E-state index in [0.29, 0.717) is 17.6 Å². The van der Waals surface area contributed by atoms with E-state index in [2.05, 4.69) is 24.3 Å². The zero-order valence-corrected chi connectivity index (χ0v) is 14.7. The number of benzene rings is 2. The first-order valence-corrected chi connectivity index (χ1v) is 9.20. The number of Topliss-reactive ketones (excluding diaryl/α,β-unsaturated/α-hetero) is 2. The molecule has 0 aromatic heterocycles. The molecule has 5 rings (SSSR count). The molecule has 2 aromatic rings. The Hall–Kier alpha value is -2.81. The highest BCUT2D eigenvalue weighted by Gasteiger charge is 2.46. The van der Waals surface area contributed by atoms with Crippen LogP contribution >= 0.6 is 0 Å². The van der Waals surface area contributed by atoms with Crippen LogP contribution in [0.15, 0.2) is 59.1 Å². The van der Waals surface area contributed by atoms with E-state index in [4.69, 9.17) is 4.99 Å². The molecule has 1 aliphatic heterocycles. The van der Waals surface area contributed by atoms with Gasteiger partial charge in [-0.2, -0.15) is 0 Å². The van der Waals surface area contributed by atoms with Gasteiger partial charge >= 0.3 is 0 Å². The second-order valence-electron chi connectivity index (χ2n) is 7.43. The number of ketones is 2. The summed E-state index contributed by atoms with van der Waals surface area (Å²) in [4.78, 5) is 30.9. The molecule has 1 unspecified atom stereocenters. The van der Waals surface area contributed by atoms with Crippen LogP contribution in [-0.4, -0.2) is 17.3 Å². The van der Waals surface area contributed by atoms with Gasteiger partial charge in [-0.1, -0.05) is 54.1 Å². The van der Waals surface area contributed by atoms with Gasteiger partial charge in [0.1, 0.15) is 5.78 Å². The third kappa shape index (κ3) is 2.10. The molecule has 3 heteroatoms. The summed E-state index contributed by atoms with van der Waals surface area (Å²) >= 11 is 0. The standard InChI is InChI=1S/C23H19NO2/c1-13-9-11-14(12-10-13)19-20-17(7-4-8-18(20)25)24-22-15-5-2-3-6-16(15)23(26)21(19)22/h2-3,5-6,9-12,19-20H,4,7-8H2,1H3/t19-,20?/m0/s1. The third-order valence-corrected chi connectivity index (χ3v) is 5.82. The van der Waals surface area contributed by atoms with Crippen LogP contribution in [0.25, 0.3) is 5.70 Å². The second-order valence-corrected chi connectivity index (χ2v) is 7.43. The molecule has 3 aliphatic rings. The minimum Gasteiger partial charge on any atom is -0.299 e. The quantitative estimate of drug-likeness (QED) is 0.766. The monoisotopic (exact) mass is 341 g/mol. The Bertz CT molecular complexity index is 1010. The Labute approximate surface area is 152 Å². The Morgan fingerprint density at radius 3 is 2.38 bits per heavy atom. The van der Waals surface area contributed by atoms with Crippen LogP contribution in [0.1, 0.15) is 52.2 Å². The number of rotatable bonds is 1. The van der Waals surface area contributed by atoms with Gasteiger partial charge in [0.15, 0.2) is 5.78 Å². The van der Waals surface area contributed by atoms with Crippen molar-refractivity contribution in [3.05, 3.63) is 76.4 Å². The zero-order valence-electron chi connectivity index (χ0n) is 14.7. The minimum atomic E-state index is -0.288. The summed E-state index contributed by atoms with van der Waals surface area (Å²) in [6, 6.07) is 15.9. The van der Waals surface area contributed by atoms with Gasteiger partial charge in [0.25, 0.3) is 0 Å². The SMILES string of the molecule is Cc1ccc([C@@H]2C3=C(N=C4CCCC(=O)C42)c2ccccc2C3=O)cc1. The molecule has 128 valence electrons. The average Bonchev–Trinajstić information content (AvgIpc) is 2.94. The Balaban J connectivity index is 1.75. The number of hydrogen-bond donors (Lipinski definition) is 0. The van der Waals surface area contributed by atoms with Crippen molar-refractivity contribution < 1.29 is 9.59 Å². The summed E-state index contributed by atoms with van der Waals surface area (Å²) in [7, 11) is 0. The van der Waals surface area contributed by atoms with E-state index in [1.165, 1.54) is 5.56 Å². The van der Waals surface area contributed by atoms with Gasteiger partial charge in [-0.05, 0) is 25.3 Å². The number of aliphatic imine (C=N–C) groups is 1. The molecular formula is C23H19NO2. The molecule has 0 amide bonds. The molecule has 3 nitrogen and oxygen atoms in total. The van der Waals surface area contributed by atoms with Gasteiger partial charge in [0, 0.05) is 34.8 Å². The summed E-state index contributed by atoms with van der Waals surface area (Å²) in [6.07, 6.45) is 2.27. The molecule has 0 bridgehead atoms. The van der Waals surface area contributed by atoms with E-state index in [9.17, 15) is 9.59 Å². The molecule has 0 N–H and O–H groups in total. The lowest BCUT2D eigenvalue weighted by Crippen LogP contribution is -2.37. The fraction of sp³-hybridized carbons (Fsp3) is 0.261. The molecule has 2 atom stereocenters. The van der Waals surface area contributed by atoms with Gasteiger partial charge in [-0.15, -0.1) is 0 Å². The van der Waals surface area contributed by atoms with Crippen molar-refractivity contribution >= 4 is 23.0 Å². The maximum Gasteiger partial charge on any atom is 0.192 e. The number of carbonyl (C=O) groups is 2. The highest BCUT2D eigenvalue weighted by molar-refractivity contribution is 6.25. The molecule has 2 aromatic carbocycles. The first kappa shape index (κ1) is 15.4. The number of fused-ring (bicyclic) bond motifs is 3. The summed E-state index contributed by atoms with van der Waals surface area (Å²) < 4.78 is 0. The highest BCUT2D eigenvalue weighted by Crippen LogP contribution is 2.49. The van der Waals surface area contributed by atoms with Crippen LogP contribution in [0.5, 0.6) is 0 Å². The molecule has 1 fully saturated rings.